The third-order valence-electron chi connectivity index (χ3n) is 3.55. The Hall–Kier alpha value is -1.15. The first-order valence-electron chi connectivity index (χ1n) is 6.91. The molecule has 2 aromatic heterocycles. The summed E-state index contributed by atoms with van der Waals surface area (Å²) in [6.45, 7) is 4.28. The zero-order chi connectivity index (χ0) is 14.7. The second kappa shape index (κ2) is 7.92. The monoisotopic (exact) mass is 359 g/mol. The Kier molecular flexibility index (Phi) is 6.19. The van der Waals surface area contributed by atoms with Gasteiger partial charge in [-0.3, -0.25) is 9.69 Å². The van der Waals surface area contributed by atoms with E-state index in [1.54, 1.807) is 22.7 Å². The van der Waals surface area contributed by atoms with Crippen LogP contribution in [0.1, 0.15) is 6.42 Å². The van der Waals surface area contributed by atoms with Gasteiger partial charge in [-0.1, -0.05) is 6.07 Å². The molecule has 0 amide bonds. The molecule has 0 atom stereocenters. The Balaban J connectivity index is 0.00000176. The van der Waals surface area contributed by atoms with Crippen LogP contribution in [0.3, 0.4) is 0 Å². The van der Waals surface area contributed by atoms with E-state index < -0.39 is 5.97 Å². The lowest BCUT2D eigenvalue weighted by Gasteiger charge is -2.34. The molecule has 3 heterocycles. The Morgan fingerprint density at radius 2 is 2.05 bits per heavy atom. The van der Waals surface area contributed by atoms with Crippen LogP contribution in [0.25, 0.3) is 10.6 Å². The van der Waals surface area contributed by atoms with Gasteiger partial charge in [-0.2, -0.15) is 0 Å². The van der Waals surface area contributed by atoms with E-state index in [4.69, 9.17) is 10.1 Å². The van der Waals surface area contributed by atoms with E-state index in [0.717, 1.165) is 37.0 Å². The van der Waals surface area contributed by atoms with Gasteiger partial charge < -0.3 is 10.0 Å². The molecule has 3 rings (SSSR count). The quantitative estimate of drug-likeness (QED) is 0.889. The SMILES string of the molecule is Cl.O=C(O)CCN1CCN(c2nc(-c3cccs3)cs2)CC1. The molecule has 22 heavy (non-hydrogen) atoms. The molecule has 0 saturated carbocycles. The normalized spacial score (nSPS) is 15.5. The van der Waals surface area contributed by atoms with Crippen LogP contribution >= 0.6 is 35.1 Å². The number of piperazine rings is 1. The van der Waals surface area contributed by atoms with E-state index >= 15 is 0 Å². The van der Waals surface area contributed by atoms with Crippen LogP contribution in [0, 0.1) is 0 Å². The van der Waals surface area contributed by atoms with Gasteiger partial charge in [0.2, 0.25) is 0 Å². The maximum Gasteiger partial charge on any atom is 0.304 e. The fourth-order valence-corrected chi connectivity index (χ4v) is 4.00. The van der Waals surface area contributed by atoms with Crippen LogP contribution < -0.4 is 4.90 Å². The molecule has 5 nitrogen and oxygen atoms in total. The van der Waals surface area contributed by atoms with Crippen molar-refractivity contribution in [3.63, 3.8) is 0 Å². The number of carbonyl (C=O) groups is 1. The Labute approximate surface area is 143 Å². The second-order valence-electron chi connectivity index (χ2n) is 4.97. The van der Waals surface area contributed by atoms with E-state index in [0.29, 0.717) is 6.54 Å². The standard InChI is InChI=1S/C14H17N3O2S2.ClH/c18-13(19)3-4-16-5-7-17(8-6-16)14-15-11(10-21-14)12-2-1-9-20-12;/h1-2,9-10H,3-8H2,(H,18,19);1H. The Bertz CT molecular complexity index is 595. The Morgan fingerprint density at radius 1 is 1.27 bits per heavy atom. The summed E-state index contributed by atoms with van der Waals surface area (Å²) in [5, 5.41) is 14.0. The van der Waals surface area contributed by atoms with E-state index in [9.17, 15) is 4.79 Å². The molecule has 0 aromatic carbocycles. The smallest absolute Gasteiger partial charge is 0.304 e. The van der Waals surface area contributed by atoms with Crippen molar-refractivity contribution in [2.45, 2.75) is 6.42 Å². The summed E-state index contributed by atoms with van der Waals surface area (Å²) >= 11 is 3.39. The molecule has 0 radical (unpaired) electrons. The Morgan fingerprint density at radius 3 is 2.68 bits per heavy atom. The number of aromatic nitrogens is 1. The number of halogens is 1. The number of nitrogens with zero attached hydrogens (tertiary/aromatic N) is 3. The number of carboxylic acid groups (broad SMARTS) is 1. The van der Waals surface area contributed by atoms with Crippen molar-refractivity contribution in [2.75, 3.05) is 37.6 Å². The largest absolute Gasteiger partial charge is 0.481 e. The van der Waals surface area contributed by atoms with Gasteiger partial charge in [-0.25, -0.2) is 4.98 Å². The van der Waals surface area contributed by atoms with Gasteiger partial charge in [0.15, 0.2) is 5.13 Å². The maximum absolute atomic E-state index is 10.6. The summed E-state index contributed by atoms with van der Waals surface area (Å²) in [7, 11) is 0. The highest BCUT2D eigenvalue weighted by Gasteiger charge is 2.20. The highest BCUT2D eigenvalue weighted by Crippen LogP contribution is 2.30. The second-order valence-corrected chi connectivity index (χ2v) is 6.75. The molecule has 8 heteroatoms. The van der Waals surface area contributed by atoms with Crippen LogP contribution in [0.4, 0.5) is 5.13 Å². The number of anilines is 1. The zero-order valence-corrected chi connectivity index (χ0v) is 14.4. The van der Waals surface area contributed by atoms with Gasteiger partial charge >= 0.3 is 5.97 Å². The lowest BCUT2D eigenvalue weighted by Crippen LogP contribution is -2.46. The van der Waals surface area contributed by atoms with Crippen LogP contribution in [-0.2, 0) is 4.79 Å². The minimum absolute atomic E-state index is 0. The van der Waals surface area contributed by atoms with Gasteiger partial charge in [0.1, 0.15) is 0 Å². The molecule has 0 unspecified atom stereocenters. The molecule has 2 aromatic rings. The first-order chi connectivity index (χ1) is 10.2. The van der Waals surface area contributed by atoms with Crippen molar-refractivity contribution in [1.29, 1.82) is 0 Å². The third-order valence-corrected chi connectivity index (χ3v) is 5.34. The van der Waals surface area contributed by atoms with Crippen molar-refractivity contribution in [2.24, 2.45) is 0 Å². The maximum atomic E-state index is 10.6. The third kappa shape index (κ3) is 4.19. The lowest BCUT2D eigenvalue weighted by molar-refractivity contribution is -0.137. The van der Waals surface area contributed by atoms with Gasteiger partial charge in [0.05, 0.1) is 17.0 Å². The molecule has 120 valence electrons. The first-order valence-corrected chi connectivity index (χ1v) is 8.67. The highest BCUT2D eigenvalue weighted by atomic mass is 35.5. The summed E-state index contributed by atoms with van der Waals surface area (Å²) in [5.41, 5.74) is 1.05. The topological polar surface area (TPSA) is 56.7 Å². The molecule has 1 saturated heterocycles. The van der Waals surface area contributed by atoms with E-state index in [1.165, 1.54) is 4.88 Å². The predicted octanol–water partition coefficient (Wildman–Crippen LogP) is 2.89. The van der Waals surface area contributed by atoms with Crippen molar-refractivity contribution < 1.29 is 9.90 Å². The lowest BCUT2D eigenvalue weighted by atomic mass is 10.3. The zero-order valence-electron chi connectivity index (χ0n) is 12.0. The number of aliphatic carboxylic acids is 1. The highest BCUT2D eigenvalue weighted by molar-refractivity contribution is 7.16. The van der Waals surface area contributed by atoms with Gasteiger partial charge in [-0.15, -0.1) is 35.1 Å². The molecular weight excluding hydrogens is 342 g/mol. The summed E-state index contributed by atoms with van der Waals surface area (Å²) in [4.78, 5) is 21.0. The summed E-state index contributed by atoms with van der Waals surface area (Å²) in [6, 6.07) is 4.13. The minimum Gasteiger partial charge on any atom is -0.481 e. The molecule has 1 N–H and O–H groups in total. The van der Waals surface area contributed by atoms with Crippen LogP contribution in [-0.4, -0.2) is 53.7 Å². The summed E-state index contributed by atoms with van der Waals surface area (Å²) in [5.74, 6) is -0.724. The molecule has 1 aliphatic rings. The number of carboxylic acids is 1. The van der Waals surface area contributed by atoms with Crippen molar-refractivity contribution >= 4 is 46.2 Å². The van der Waals surface area contributed by atoms with E-state index in [-0.39, 0.29) is 18.8 Å². The van der Waals surface area contributed by atoms with Crippen molar-refractivity contribution in [3.8, 4) is 10.6 Å². The fraction of sp³-hybridized carbons (Fsp3) is 0.429. The molecular formula is C14H18ClN3O2S2. The summed E-state index contributed by atoms with van der Waals surface area (Å²) in [6.07, 6.45) is 0.222. The van der Waals surface area contributed by atoms with E-state index in [1.807, 2.05) is 6.07 Å². The summed E-state index contributed by atoms with van der Waals surface area (Å²) < 4.78 is 0. The molecule has 0 spiro atoms. The predicted molar refractivity (Wildman–Crippen MR) is 93.6 cm³/mol. The first kappa shape index (κ1) is 17.2. The van der Waals surface area contributed by atoms with E-state index in [2.05, 4.69) is 26.6 Å². The van der Waals surface area contributed by atoms with Gasteiger partial charge in [-0.05, 0) is 11.4 Å². The van der Waals surface area contributed by atoms with Gasteiger partial charge in [0.25, 0.3) is 0 Å². The number of thiophene rings is 1. The van der Waals surface area contributed by atoms with Crippen LogP contribution in [0.5, 0.6) is 0 Å². The van der Waals surface area contributed by atoms with Crippen molar-refractivity contribution in [1.82, 2.24) is 9.88 Å². The number of hydrogen-bond acceptors (Lipinski definition) is 6. The van der Waals surface area contributed by atoms with Crippen LogP contribution in [0.2, 0.25) is 0 Å². The fourth-order valence-electron chi connectivity index (χ4n) is 2.36. The number of thiazole rings is 1. The molecule has 0 bridgehead atoms. The van der Waals surface area contributed by atoms with Crippen molar-refractivity contribution in [3.05, 3.63) is 22.9 Å². The molecule has 0 aliphatic carbocycles. The average Bonchev–Trinajstić information content (AvgIpc) is 3.16. The molecule has 1 aliphatic heterocycles. The molecule has 1 fully saturated rings. The number of hydrogen-bond donors (Lipinski definition) is 1. The number of rotatable bonds is 5. The minimum atomic E-state index is -0.724. The average molecular weight is 360 g/mol. The van der Waals surface area contributed by atoms with Gasteiger partial charge in [0, 0.05) is 38.1 Å². The van der Waals surface area contributed by atoms with Crippen LogP contribution in [0.15, 0.2) is 22.9 Å².